The second kappa shape index (κ2) is 5.84. The third kappa shape index (κ3) is 3.54. The van der Waals surface area contributed by atoms with Crippen LogP contribution in [0.3, 0.4) is 0 Å². The van der Waals surface area contributed by atoms with Crippen LogP contribution in [0.5, 0.6) is 0 Å². The second-order valence-electron chi connectivity index (χ2n) is 5.07. The molecule has 19 heavy (non-hydrogen) atoms. The molecule has 0 saturated carbocycles. The van der Waals surface area contributed by atoms with E-state index in [4.69, 9.17) is 0 Å². The summed E-state index contributed by atoms with van der Waals surface area (Å²) < 4.78 is 0. The van der Waals surface area contributed by atoms with Crippen LogP contribution in [-0.4, -0.2) is 33.9 Å². The van der Waals surface area contributed by atoms with E-state index < -0.39 is 0 Å². The molecule has 1 heterocycles. The van der Waals surface area contributed by atoms with Gasteiger partial charge in [0.25, 0.3) is 5.91 Å². The number of amides is 1. The largest absolute Gasteiger partial charge is 0.393 e. The minimum atomic E-state index is -0.339. The van der Waals surface area contributed by atoms with Gasteiger partial charge in [0.2, 0.25) is 0 Å². The lowest BCUT2D eigenvalue weighted by molar-refractivity contribution is 0.0939. The highest BCUT2D eigenvalue weighted by atomic mass is 16.3. The summed E-state index contributed by atoms with van der Waals surface area (Å²) in [5.41, 5.74) is 1.54. The number of hydrogen-bond acceptors (Lipinski definition) is 3. The number of aromatic nitrogens is 2. The SMILES string of the molecule is CC(O)CC(C)CNC(=O)c1ccc2[nH]ncc2c1. The zero-order valence-electron chi connectivity index (χ0n) is 11.2. The average Bonchev–Trinajstić information content (AvgIpc) is 2.82. The molecule has 1 aromatic heterocycles. The molecule has 5 heteroatoms. The molecule has 0 aliphatic heterocycles. The molecule has 0 bridgehead atoms. The van der Waals surface area contributed by atoms with Crippen molar-refractivity contribution < 1.29 is 9.90 Å². The van der Waals surface area contributed by atoms with Crippen LogP contribution in [0.25, 0.3) is 10.9 Å². The van der Waals surface area contributed by atoms with Gasteiger partial charge in [-0.3, -0.25) is 9.89 Å². The standard InChI is InChI=1S/C14H19N3O2/c1-9(5-10(2)18)7-15-14(19)11-3-4-13-12(6-11)8-16-17-13/h3-4,6,8-10,18H,5,7H2,1-2H3,(H,15,19)(H,16,17). The predicted molar refractivity (Wildman–Crippen MR) is 73.9 cm³/mol. The molecular formula is C14H19N3O2. The Bertz CT molecular complexity index is 563. The summed E-state index contributed by atoms with van der Waals surface area (Å²) in [6.45, 7) is 4.32. The number of nitrogens with one attached hydrogen (secondary N) is 2. The first kappa shape index (κ1) is 13.5. The van der Waals surface area contributed by atoms with E-state index in [0.29, 0.717) is 18.5 Å². The topological polar surface area (TPSA) is 78.0 Å². The summed E-state index contributed by atoms with van der Waals surface area (Å²) in [7, 11) is 0. The Morgan fingerprint density at radius 1 is 1.47 bits per heavy atom. The Morgan fingerprint density at radius 2 is 2.26 bits per heavy atom. The molecule has 0 aliphatic carbocycles. The van der Waals surface area contributed by atoms with Crippen molar-refractivity contribution >= 4 is 16.8 Å². The predicted octanol–water partition coefficient (Wildman–Crippen LogP) is 1.70. The number of nitrogens with zero attached hydrogens (tertiary/aromatic N) is 1. The molecule has 1 aromatic carbocycles. The number of carbonyl (C=O) groups excluding carboxylic acids is 1. The Labute approximate surface area is 112 Å². The summed E-state index contributed by atoms with van der Waals surface area (Å²) in [5, 5.41) is 19.9. The molecule has 0 saturated heterocycles. The summed E-state index contributed by atoms with van der Waals surface area (Å²) in [4.78, 5) is 12.0. The van der Waals surface area contributed by atoms with Crippen molar-refractivity contribution in [3.63, 3.8) is 0 Å². The molecule has 0 radical (unpaired) electrons. The van der Waals surface area contributed by atoms with Crippen LogP contribution in [0.1, 0.15) is 30.6 Å². The maximum atomic E-state index is 12.0. The van der Waals surface area contributed by atoms with Gasteiger partial charge in [0.05, 0.1) is 17.8 Å². The molecule has 0 spiro atoms. The molecule has 2 aromatic rings. The van der Waals surface area contributed by atoms with E-state index in [1.54, 1.807) is 19.2 Å². The number of hydrogen-bond donors (Lipinski definition) is 3. The first-order valence-corrected chi connectivity index (χ1v) is 6.45. The van der Waals surface area contributed by atoms with Gasteiger partial charge in [0.1, 0.15) is 0 Å². The zero-order chi connectivity index (χ0) is 13.8. The fraction of sp³-hybridized carbons (Fsp3) is 0.429. The van der Waals surface area contributed by atoms with E-state index in [1.165, 1.54) is 0 Å². The number of aliphatic hydroxyl groups excluding tert-OH is 1. The van der Waals surface area contributed by atoms with Crippen molar-refractivity contribution in [3.8, 4) is 0 Å². The van der Waals surface area contributed by atoms with E-state index in [9.17, 15) is 9.90 Å². The van der Waals surface area contributed by atoms with Gasteiger partial charge < -0.3 is 10.4 Å². The quantitative estimate of drug-likeness (QED) is 0.766. The smallest absolute Gasteiger partial charge is 0.251 e. The highest BCUT2D eigenvalue weighted by molar-refractivity contribution is 5.97. The van der Waals surface area contributed by atoms with Gasteiger partial charge in [-0.1, -0.05) is 6.92 Å². The van der Waals surface area contributed by atoms with E-state index in [-0.39, 0.29) is 17.9 Å². The van der Waals surface area contributed by atoms with Crippen LogP contribution in [0.4, 0.5) is 0 Å². The molecule has 102 valence electrons. The number of carbonyl (C=O) groups is 1. The van der Waals surface area contributed by atoms with Crippen molar-refractivity contribution in [2.24, 2.45) is 5.92 Å². The lowest BCUT2D eigenvalue weighted by atomic mass is 10.0. The summed E-state index contributed by atoms with van der Waals surface area (Å²) in [5.74, 6) is 0.155. The van der Waals surface area contributed by atoms with Gasteiger partial charge in [0.15, 0.2) is 0 Å². The maximum absolute atomic E-state index is 12.0. The monoisotopic (exact) mass is 261 g/mol. The summed E-state index contributed by atoms with van der Waals surface area (Å²) in [6, 6.07) is 5.43. The lowest BCUT2D eigenvalue weighted by Crippen LogP contribution is -2.29. The van der Waals surface area contributed by atoms with Crippen LogP contribution in [-0.2, 0) is 0 Å². The Kier molecular flexibility index (Phi) is 4.16. The van der Waals surface area contributed by atoms with Crippen LogP contribution in [0.15, 0.2) is 24.4 Å². The third-order valence-corrected chi connectivity index (χ3v) is 3.06. The second-order valence-corrected chi connectivity index (χ2v) is 5.07. The molecule has 1 amide bonds. The molecule has 2 atom stereocenters. The summed E-state index contributed by atoms with van der Waals surface area (Å²) in [6.07, 6.45) is 2.04. The molecular weight excluding hydrogens is 242 g/mol. The van der Waals surface area contributed by atoms with Gasteiger partial charge in [0, 0.05) is 17.5 Å². The number of H-pyrrole nitrogens is 1. The highest BCUT2D eigenvalue weighted by Crippen LogP contribution is 2.13. The molecule has 3 N–H and O–H groups in total. The summed E-state index contributed by atoms with van der Waals surface area (Å²) >= 11 is 0. The normalized spacial score (nSPS) is 14.3. The number of aliphatic hydroxyl groups is 1. The molecule has 2 unspecified atom stereocenters. The first-order valence-electron chi connectivity index (χ1n) is 6.45. The van der Waals surface area contributed by atoms with Gasteiger partial charge in [-0.15, -0.1) is 0 Å². The minimum Gasteiger partial charge on any atom is -0.393 e. The van der Waals surface area contributed by atoms with Crippen LogP contribution >= 0.6 is 0 Å². The van der Waals surface area contributed by atoms with Crippen molar-refractivity contribution in [3.05, 3.63) is 30.0 Å². The number of aromatic amines is 1. The average molecular weight is 261 g/mol. The molecule has 0 fully saturated rings. The Hall–Kier alpha value is -1.88. The lowest BCUT2D eigenvalue weighted by Gasteiger charge is -2.14. The van der Waals surface area contributed by atoms with Gasteiger partial charge in [-0.2, -0.15) is 5.10 Å². The van der Waals surface area contributed by atoms with E-state index in [0.717, 1.165) is 10.9 Å². The zero-order valence-corrected chi connectivity index (χ0v) is 11.2. The molecule has 2 rings (SSSR count). The van der Waals surface area contributed by atoms with E-state index in [2.05, 4.69) is 15.5 Å². The van der Waals surface area contributed by atoms with Crippen molar-refractivity contribution in [2.75, 3.05) is 6.54 Å². The maximum Gasteiger partial charge on any atom is 0.251 e. The van der Waals surface area contributed by atoms with Crippen LogP contribution in [0.2, 0.25) is 0 Å². The number of benzene rings is 1. The number of rotatable bonds is 5. The van der Waals surface area contributed by atoms with Gasteiger partial charge >= 0.3 is 0 Å². The van der Waals surface area contributed by atoms with Crippen LogP contribution < -0.4 is 5.32 Å². The fourth-order valence-electron chi connectivity index (χ4n) is 2.12. The molecule has 5 nitrogen and oxygen atoms in total. The Balaban J connectivity index is 1.95. The minimum absolute atomic E-state index is 0.0967. The number of fused-ring (bicyclic) bond motifs is 1. The van der Waals surface area contributed by atoms with Crippen molar-refractivity contribution in [1.29, 1.82) is 0 Å². The molecule has 0 aliphatic rings. The van der Waals surface area contributed by atoms with Crippen molar-refractivity contribution in [1.82, 2.24) is 15.5 Å². The highest BCUT2D eigenvalue weighted by Gasteiger charge is 2.10. The van der Waals surface area contributed by atoms with Gasteiger partial charge in [-0.25, -0.2) is 0 Å². The van der Waals surface area contributed by atoms with Gasteiger partial charge in [-0.05, 0) is 37.5 Å². The first-order chi connectivity index (χ1) is 9.06. The van der Waals surface area contributed by atoms with E-state index in [1.807, 2.05) is 19.1 Å². The van der Waals surface area contributed by atoms with E-state index >= 15 is 0 Å². The Morgan fingerprint density at radius 3 is 3.00 bits per heavy atom. The van der Waals surface area contributed by atoms with Crippen molar-refractivity contribution in [2.45, 2.75) is 26.4 Å². The fourth-order valence-corrected chi connectivity index (χ4v) is 2.12. The third-order valence-electron chi connectivity index (χ3n) is 3.06. The van der Waals surface area contributed by atoms with Crippen LogP contribution in [0, 0.1) is 5.92 Å².